The maximum absolute atomic E-state index is 15.3. The van der Waals surface area contributed by atoms with Crippen LogP contribution in [0.4, 0.5) is 4.39 Å². The Kier molecular flexibility index (Phi) is 5.93. The average molecular weight is 343 g/mol. The lowest BCUT2D eigenvalue weighted by Crippen LogP contribution is -2.45. The van der Waals surface area contributed by atoms with Gasteiger partial charge in [0.1, 0.15) is 11.4 Å². The molecule has 0 radical (unpaired) electrons. The molecule has 23 heavy (non-hydrogen) atoms. The Morgan fingerprint density at radius 2 is 2.00 bits per heavy atom. The minimum absolute atomic E-state index is 0. The van der Waals surface area contributed by atoms with Crippen molar-refractivity contribution in [2.75, 3.05) is 39.8 Å². The van der Waals surface area contributed by atoms with Crippen molar-refractivity contribution in [2.24, 2.45) is 5.41 Å². The van der Waals surface area contributed by atoms with Crippen molar-refractivity contribution in [2.45, 2.75) is 31.9 Å². The van der Waals surface area contributed by atoms with Crippen LogP contribution in [0.2, 0.25) is 0 Å². The van der Waals surface area contributed by atoms with Gasteiger partial charge in [-0.05, 0) is 48.9 Å². The number of hydrogen-bond donors (Lipinski definition) is 1. The Labute approximate surface area is 145 Å². The van der Waals surface area contributed by atoms with Gasteiger partial charge < -0.3 is 15.0 Å². The zero-order valence-electron chi connectivity index (χ0n) is 14.1. The largest absolute Gasteiger partial charge is 0.497 e. The molecule has 3 rings (SSSR count). The van der Waals surface area contributed by atoms with Crippen LogP contribution >= 0.6 is 12.4 Å². The summed E-state index contributed by atoms with van der Waals surface area (Å²) in [6.07, 6.45) is 2.37. The van der Waals surface area contributed by atoms with E-state index in [1.165, 1.54) is 6.42 Å². The highest BCUT2D eigenvalue weighted by Crippen LogP contribution is 2.39. The number of alkyl halides is 1. The quantitative estimate of drug-likeness (QED) is 0.907. The molecule has 1 unspecified atom stereocenters. The van der Waals surface area contributed by atoms with Crippen molar-refractivity contribution in [3.8, 4) is 5.75 Å². The molecule has 0 amide bonds. The number of likely N-dealkylation sites (tertiary alicyclic amines) is 1. The number of rotatable bonds is 4. The third kappa shape index (κ3) is 4.17. The van der Waals surface area contributed by atoms with E-state index >= 15 is 4.39 Å². The lowest BCUT2D eigenvalue weighted by molar-refractivity contribution is 0.0391. The second-order valence-electron chi connectivity index (χ2n) is 7.21. The minimum atomic E-state index is -1.21. The maximum Gasteiger partial charge on any atom is 0.138 e. The molecule has 1 atom stereocenters. The Balaban J connectivity index is 0.00000192. The molecule has 2 heterocycles. The number of piperidine rings is 1. The highest BCUT2D eigenvalue weighted by Gasteiger charge is 2.39. The third-order valence-electron chi connectivity index (χ3n) is 5.30. The molecule has 1 aromatic rings. The first-order chi connectivity index (χ1) is 10.5. The molecule has 130 valence electrons. The van der Waals surface area contributed by atoms with Crippen LogP contribution in [0.1, 0.15) is 31.7 Å². The normalized spacial score (nSPS) is 27.4. The zero-order valence-corrected chi connectivity index (χ0v) is 14.9. The van der Waals surface area contributed by atoms with E-state index in [0.29, 0.717) is 18.3 Å². The van der Waals surface area contributed by atoms with Crippen LogP contribution in [0, 0.1) is 5.41 Å². The van der Waals surface area contributed by atoms with Crippen LogP contribution in [-0.4, -0.2) is 44.7 Å². The summed E-state index contributed by atoms with van der Waals surface area (Å²) in [5, 5.41) is 3.44. The summed E-state index contributed by atoms with van der Waals surface area (Å²) >= 11 is 0. The first kappa shape index (κ1) is 18.5. The highest BCUT2D eigenvalue weighted by atomic mass is 35.5. The summed E-state index contributed by atoms with van der Waals surface area (Å²) in [6.45, 7) is 7.29. The van der Waals surface area contributed by atoms with Crippen LogP contribution in [0.25, 0.3) is 0 Å². The van der Waals surface area contributed by atoms with Crippen molar-refractivity contribution in [3.63, 3.8) is 0 Å². The Hall–Kier alpha value is -0.840. The maximum atomic E-state index is 15.3. The molecule has 0 aromatic heterocycles. The van der Waals surface area contributed by atoms with Crippen molar-refractivity contribution < 1.29 is 9.13 Å². The van der Waals surface area contributed by atoms with E-state index in [1.807, 2.05) is 24.3 Å². The second-order valence-corrected chi connectivity index (χ2v) is 7.21. The Bertz CT molecular complexity index is 511. The van der Waals surface area contributed by atoms with Gasteiger partial charge in [0.2, 0.25) is 0 Å². The molecule has 0 saturated carbocycles. The van der Waals surface area contributed by atoms with Gasteiger partial charge in [-0.15, -0.1) is 12.4 Å². The van der Waals surface area contributed by atoms with Gasteiger partial charge >= 0.3 is 0 Å². The highest BCUT2D eigenvalue weighted by molar-refractivity contribution is 5.85. The minimum Gasteiger partial charge on any atom is -0.497 e. The summed E-state index contributed by atoms with van der Waals surface area (Å²) in [4.78, 5) is 2.44. The Morgan fingerprint density at radius 1 is 1.26 bits per heavy atom. The molecule has 2 aliphatic heterocycles. The molecule has 2 aliphatic rings. The number of nitrogens with zero attached hydrogens (tertiary/aromatic N) is 1. The summed E-state index contributed by atoms with van der Waals surface area (Å²) in [7, 11) is 1.63. The van der Waals surface area contributed by atoms with Crippen molar-refractivity contribution in [3.05, 3.63) is 29.8 Å². The summed E-state index contributed by atoms with van der Waals surface area (Å²) in [5.41, 5.74) is -0.0909. The standard InChI is InChI=1S/C18H27FN2O.ClH/c1-17(6-9-20-13-17)14-21-10-7-18(19,8-11-21)15-4-3-5-16(12-15)22-2;/h3-5,12,20H,6-11,13-14H2,1-2H3;1H. The average Bonchev–Trinajstić information content (AvgIpc) is 2.96. The van der Waals surface area contributed by atoms with Crippen LogP contribution in [0.15, 0.2) is 24.3 Å². The molecule has 3 nitrogen and oxygen atoms in total. The number of nitrogens with one attached hydrogen (secondary N) is 1. The van der Waals surface area contributed by atoms with Crippen molar-refractivity contribution in [1.82, 2.24) is 10.2 Å². The predicted octanol–water partition coefficient (Wildman–Crippen LogP) is 3.38. The SMILES string of the molecule is COc1cccc(C2(F)CCN(CC3(C)CCNC3)CC2)c1.Cl. The van der Waals surface area contributed by atoms with Gasteiger partial charge in [0, 0.05) is 26.2 Å². The van der Waals surface area contributed by atoms with Crippen LogP contribution in [-0.2, 0) is 5.67 Å². The number of halogens is 2. The van der Waals surface area contributed by atoms with Gasteiger partial charge in [0.15, 0.2) is 0 Å². The van der Waals surface area contributed by atoms with E-state index in [0.717, 1.165) is 44.0 Å². The fraction of sp³-hybridized carbons (Fsp3) is 0.667. The van der Waals surface area contributed by atoms with Crippen LogP contribution in [0.3, 0.4) is 0 Å². The smallest absolute Gasteiger partial charge is 0.138 e. The topological polar surface area (TPSA) is 24.5 Å². The summed E-state index contributed by atoms with van der Waals surface area (Å²) < 4.78 is 20.5. The number of methoxy groups -OCH3 is 1. The number of ether oxygens (including phenoxy) is 1. The summed E-state index contributed by atoms with van der Waals surface area (Å²) in [6, 6.07) is 7.49. The first-order valence-electron chi connectivity index (χ1n) is 8.30. The molecule has 5 heteroatoms. The van der Waals surface area contributed by atoms with Gasteiger partial charge in [0.25, 0.3) is 0 Å². The van der Waals surface area contributed by atoms with E-state index < -0.39 is 5.67 Å². The van der Waals surface area contributed by atoms with E-state index in [-0.39, 0.29) is 12.4 Å². The van der Waals surface area contributed by atoms with Gasteiger partial charge in [0.05, 0.1) is 7.11 Å². The molecule has 0 spiro atoms. The first-order valence-corrected chi connectivity index (χ1v) is 8.30. The van der Waals surface area contributed by atoms with E-state index in [4.69, 9.17) is 4.74 Å². The van der Waals surface area contributed by atoms with Crippen LogP contribution in [0.5, 0.6) is 5.75 Å². The number of benzene rings is 1. The molecule has 0 aliphatic carbocycles. The van der Waals surface area contributed by atoms with E-state index in [9.17, 15) is 0 Å². The fourth-order valence-electron chi connectivity index (χ4n) is 3.80. The number of hydrogen-bond acceptors (Lipinski definition) is 3. The predicted molar refractivity (Wildman–Crippen MR) is 94.3 cm³/mol. The lowest BCUT2D eigenvalue weighted by atomic mass is 9.84. The Morgan fingerprint density at radius 3 is 2.61 bits per heavy atom. The van der Waals surface area contributed by atoms with Crippen molar-refractivity contribution in [1.29, 1.82) is 0 Å². The zero-order chi connectivity index (χ0) is 15.6. The molecule has 0 bridgehead atoms. The fourth-order valence-corrected chi connectivity index (χ4v) is 3.80. The van der Waals surface area contributed by atoms with E-state index in [2.05, 4.69) is 17.1 Å². The van der Waals surface area contributed by atoms with Gasteiger partial charge in [-0.2, -0.15) is 0 Å². The molecule has 2 fully saturated rings. The van der Waals surface area contributed by atoms with Gasteiger partial charge in [-0.1, -0.05) is 19.1 Å². The second kappa shape index (κ2) is 7.37. The molecule has 2 saturated heterocycles. The van der Waals surface area contributed by atoms with Crippen LogP contribution < -0.4 is 10.1 Å². The summed E-state index contributed by atoms with van der Waals surface area (Å²) in [5.74, 6) is 0.737. The van der Waals surface area contributed by atoms with Crippen molar-refractivity contribution >= 4 is 12.4 Å². The molecular formula is C18H28ClFN2O. The third-order valence-corrected chi connectivity index (χ3v) is 5.30. The molecule has 1 N–H and O–H groups in total. The van der Waals surface area contributed by atoms with Gasteiger partial charge in [-0.25, -0.2) is 4.39 Å². The van der Waals surface area contributed by atoms with Gasteiger partial charge in [-0.3, -0.25) is 0 Å². The lowest BCUT2D eigenvalue weighted by Gasteiger charge is -2.40. The monoisotopic (exact) mass is 342 g/mol. The molecule has 1 aromatic carbocycles. The molecular weight excluding hydrogens is 315 g/mol. The van der Waals surface area contributed by atoms with E-state index in [1.54, 1.807) is 7.11 Å².